The minimum atomic E-state index is -0.409. The third kappa shape index (κ3) is 1.75. The maximum atomic E-state index is 12.7. The Balaban J connectivity index is 2.60. The Labute approximate surface area is 90.7 Å². The van der Waals surface area contributed by atoms with Gasteiger partial charge in [0.1, 0.15) is 5.82 Å². The molecular formula is C11H10FN3O. The van der Waals surface area contributed by atoms with Crippen LogP contribution in [0.15, 0.2) is 35.1 Å². The van der Waals surface area contributed by atoms with Crippen LogP contribution in [0.25, 0.3) is 11.3 Å². The zero-order valence-corrected chi connectivity index (χ0v) is 8.33. The molecule has 1 aromatic heterocycles. The zero-order chi connectivity index (χ0) is 11.7. The quantitative estimate of drug-likeness (QED) is 0.676. The van der Waals surface area contributed by atoms with Crippen molar-refractivity contribution in [2.24, 2.45) is 0 Å². The number of pyridine rings is 1. The molecule has 0 aliphatic heterocycles. The molecule has 0 atom stereocenters. The van der Waals surface area contributed by atoms with Crippen LogP contribution >= 0.6 is 0 Å². The van der Waals surface area contributed by atoms with E-state index in [4.69, 9.17) is 11.5 Å². The first kappa shape index (κ1) is 10.2. The van der Waals surface area contributed by atoms with Gasteiger partial charge in [-0.2, -0.15) is 0 Å². The van der Waals surface area contributed by atoms with Gasteiger partial charge in [0.2, 0.25) is 0 Å². The molecule has 5 N–H and O–H groups in total. The highest BCUT2D eigenvalue weighted by molar-refractivity contribution is 5.74. The average molecular weight is 219 g/mol. The molecule has 0 saturated carbocycles. The lowest BCUT2D eigenvalue weighted by molar-refractivity contribution is 0.628. The summed E-state index contributed by atoms with van der Waals surface area (Å²) in [5.41, 5.74) is 12.2. The van der Waals surface area contributed by atoms with Gasteiger partial charge in [-0.25, -0.2) is 4.39 Å². The number of aromatic amines is 1. The molecule has 0 amide bonds. The van der Waals surface area contributed by atoms with E-state index in [2.05, 4.69) is 4.98 Å². The van der Waals surface area contributed by atoms with Gasteiger partial charge in [-0.15, -0.1) is 0 Å². The summed E-state index contributed by atoms with van der Waals surface area (Å²) in [4.78, 5) is 13.9. The number of rotatable bonds is 1. The van der Waals surface area contributed by atoms with E-state index in [1.807, 2.05) is 0 Å². The van der Waals surface area contributed by atoms with E-state index in [1.165, 1.54) is 30.3 Å². The summed E-state index contributed by atoms with van der Waals surface area (Å²) in [5, 5.41) is 0. The summed E-state index contributed by atoms with van der Waals surface area (Å²) in [5.74, 6) is -0.347. The van der Waals surface area contributed by atoms with Gasteiger partial charge in [0.25, 0.3) is 5.56 Å². The van der Waals surface area contributed by atoms with E-state index in [9.17, 15) is 9.18 Å². The summed E-state index contributed by atoms with van der Waals surface area (Å²) in [6.07, 6.45) is 0. The van der Waals surface area contributed by atoms with Crippen LogP contribution in [0.3, 0.4) is 0 Å². The summed E-state index contributed by atoms with van der Waals surface area (Å²) in [6, 6.07) is 7.05. The molecule has 0 aliphatic carbocycles. The van der Waals surface area contributed by atoms with Crippen LogP contribution < -0.4 is 17.0 Å². The third-order valence-corrected chi connectivity index (χ3v) is 2.23. The van der Waals surface area contributed by atoms with Crippen molar-refractivity contribution >= 4 is 11.4 Å². The smallest absolute Gasteiger partial charge is 0.271 e. The molecule has 1 heterocycles. The summed E-state index contributed by atoms with van der Waals surface area (Å²) in [7, 11) is 0. The largest absolute Gasteiger partial charge is 0.397 e. The minimum absolute atomic E-state index is 0.0587. The molecule has 0 radical (unpaired) electrons. The fourth-order valence-electron chi connectivity index (χ4n) is 1.42. The predicted molar refractivity (Wildman–Crippen MR) is 61.3 cm³/mol. The summed E-state index contributed by atoms with van der Waals surface area (Å²) >= 11 is 0. The fourth-order valence-corrected chi connectivity index (χ4v) is 1.42. The summed E-state index contributed by atoms with van der Waals surface area (Å²) in [6.45, 7) is 0. The number of aromatic nitrogens is 1. The van der Waals surface area contributed by atoms with Crippen LogP contribution in [-0.4, -0.2) is 4.98 Å². The number of halogens is 1. The molecule has 1 aromatic carbocycles. The van der Waals surface area contributed by atoms with Crippen LogP contribution in [0.1, 0.15) is 0 Å². The van der Waals surface area contributed by atoms with Crippen LogP contribution in [0, 0.1) is 5.82 Å². The second-order valence-corrected chi connectivity index (χ2v) is 3.39. The van der Waals surface area contributed by atoms with Crippen LogP contribution in [-0.2, 0) is 0 Å². The maximum Gasteiger partial charge on any atom is 0.271 e. The van der Waals surface area contributed by atoms with E-state index in [0.29, 0.717) is 16.9 Å². The first-order chi connectivity index (χ1) is 7.58. The second-order valence-electron chi connectivity index (χ2n) is 3.39. The van der Waals surface area contributed by atoms with Gasteiger partial charge in [0.05, 0.1) is 17.1 Å². The molecule has 0 spiro atoms. The van der Waals surface area contributed by atoms with Crippen molar-refractivity contribution in [3.63, 3.8) is 0 Å². The highest BCUT2D eigenvalue weighted by atomic mass is 19.1. The molecule has 0 aliphatic rings. The van der Waals surface area contributed by atoms with E-state index in [-0.39, 0.29) is 11.5 Å². The molecule has 0 bridgehead atoms. The lowest BCUT2D eigenvalue weighted by atomic mass is 10.1. The number of nitrogen functional groups attached to an aromatic ring is 2. The van der Waals surface area contributed by atoms with E-state index in [0.717, 1.165) is 0 Å². The normalized spacial score (nSPS) is 10.3. The lowest BCUT2D eigenvalue weighted by Gasteiger charge is -2.06. The number of benzene rings is 1. The van der Waals surface area contributed by atoms with Crippen molar-refractivity contribution in [1.82, 2.24) is 4.98 Å². The third-order valence-electron chi connectivity index (χ3n) is 2.23. The minimum Gasteiger partial charge on any atom is -0.397 e. The second kappa shape index (κ2) is 3.69. The molecule has 2 aromatic rings. The van der Waals surface area contributed by atoms with Crippen LogP contribution in [0.2, 0.25) is 0 Å². The Hall–Kier alpha value is -2.30. The number of nitrogens with two attached hydrogens (primary N) is 2. The molecule has 0 fully saturated rings. The molecule has 4 nitrogen and oxygen atoms in total. The molecule has 0 unspecified atom stereocenters. The van der Waals surface area contributed by atoms with Crippen molar-refractivity contribution in [2.45, 2.75) is 0 Å². The van der Waals surface area contributed by atoms with Gasteiger partial charge in [-0.05, 0) is 30.3 Å². The van der Waals surface area contributed by atoms with Crippen molar-refractivity contribution in [2.75, 3.05) is 11.5 Å². The number of hydrogen-bond acceptors (Lipinski definition) is 3. The molecule has 82 valence electrons. The van der Waals surface area contributed by atoms with E-state index >= 15 is 0 Å². The Kier molecular flexibility index (Phi) is 2.36. The fraction of sp³-hybridized carbons (Fsp3) is 0. The standard InChI is InChI=1S/C11H10FN3O/c12-7-3-1-6(2-4-7)10-8(13)5-9(14)11(16)15-10/h1-5H,13-14H2,(H,15,16). The van der Waals surface area contributed by atoms with Crippen molar-refractivity contribution in [3.8, 4) is 11.3 Å². The number of H-pyrrole nitrogens is 1. The van der Waals surface area contributed by atoms with Crippen molar-refractivity contribution in [1.29, 1.82) is 0 Å². The van der Waals surface area contributed by atoms with E-state index in [1.54, 1.807) is 0 Å². The monoisotopic (exact) mass is 219 g/mol. The van der Waals surface area contributed by atoms with Crippen LogP contribution in [0.5, 0.6) is 0 Å². The van der Waals surface area contributed by atoms with Crippen LogP contribution in [0.4, 0.5) is 15.8 Å². The van der Waals surface area contributed by atoms with Gasteiger partial charge >= 0.3 is 0 Å². The first-order valence-corrected chi connectivity index (χ1v) is 4.62. The first-order valence-electron chi connectivity index (χ1n) is 4.62. The van der Waals surface area contributed by atoms with Crippen molar-refractivity contribution in [3.05, 3.63) is 46.5 Å². The SMILES string of the molecule is Nc1cc(N)c(=O)[nH]c1-c1ccc(F)cc1. The number of anilines is 2. The molecular weight excluding hydrogens is 209 g/mol. The Morgan fingerprint density at radius 3 is 2.31 bits per heavy atom. The van der Waals surface area contributed by atoms with Gasteiger partial charge in [0, 0.05) is 5.56 Å². The lowest BCUT2D eigenvalue weighted by Crippen LogP contribution is -2.13. The average Bonchev–Trinajstić information content (AvgIpc) is 2.25. The highest BCUT2D eigenvalue weighted by Gasteiger charge is 2.06. The van der Waals surface area contributed by atoms with Crippen molar-refractivity contribution < 1.29 is 4.39 Å². The Bertz CT molecular complexity index is 575. The zero-order valence-electron chi connectivity index (χ0n) is 8.33. The van der Waals surface area contributed by atoms with Gasteiger partial charge in [-0.3, -0.25) is 4.79 Å². The topological polar surface area (TPSA) is 84.9 Å². The predicted octanol–water partition coefficient (Wildman–Crippen LogP) is 1.35. The maximum absolute atomic E-state index is 12.7. The molecule has 5 heteroatoms. The number of nitrogens with one attached hydrogen (secondary N) is 1. The molecule has 16 heavy (non-hydrogen) atoms. The molecule has 0 saturated heterocycles. The highest BCUT2D eigenvalue weighted by Crippen LogP contribution is 2.23. The Morgan fingerprint density at radius 1 is 1.06 bits per heavy atom. The number of hydrogen-bond donors (Lipinski definition) is 3. The van der Waals surface area contributed by atoms with Gasteiger partial charge in [-0.1, -0.05) is 0 Å². The van der Waals surface area contributed by atoms with Gasteiger partial charge in [0.15, 0.2) is 0 Å². The summed E-state index contributed by atoms with van der Waals surface area (Å²) < 4.78 is 12.7. The molecule has 2 rings (SSSR count). The van der Waals surface area contributed by atoms with E-state index < -0.39 is 5.56 Å². The van der Waals surface area contributed by atoms with Gasteiger partial charge < -0.3 is 16.5 Å². The Morgan fingerprint density at radius 2 is 1.69 bits per heavy atom.